The van der Waals surface area contributed by atoms with Crippen LogP contribution in [-0.4, -0.2) is 32.9 Å². The Balaban J connectivity index is 3.04. The van der Waals surface area contributed by atoms with E-state index in [0.717, 1.165) is 5.46 Å². The molecule has 0 unspecified atom stereocenters. The van der Waals surface area contributed by atoms with Gasteiger partial charge in [0.2, 0.25) is 5.52 Å². The van der Waals surface area contributed by atoms with E-state index in [1.807, 2.05) is 0 Å². The van der Waals surface area contributed by atoms with Crippen LogP contribution in [0.1, 0.15) is 0 Å². The topological polar surface area (TPSA) is 127 Å². The Hall–Kier alpha value is -0.615. The maximum atomic E-state index is 11.0. The lowest BCUT2D eigenvalue weighted by molar-refractivity contribution is 0.343. The van der Waals surface area contributed by atoms with Crippen molar-refractivity contribution in [1.29, 1.82) is 0 Å². The molecule has 0 saturated heterocycles. The van der Waals surface area contributed by atoms with Crippen LogP contribution in [-0.2, 0) is 9.13 Å². The molecule has 0 bridgehead atoms. The molecule has 0 atom stereocenters. The molecule has 0 spiro atoms. The van der Waals surface area contributed by atoms with Crippen molar-refractivity contribution in [2.24, 2.45) is 0 Å². The molecule has 0 aliphatic heterocycles. The fourth-order valence-corrected chi connectivity index (χ4v) is 3.45. The van der Waals surface area contributed by atoms with Gasteiger partial charge in [0.1, 0.15) is 7.85 Å². The predicted octanol–water partition coefficient (Wildman–Crippen LogP) is -1.00. The number of hydrogen-bond acceptors (Lipinski definition) is 3. The summed E-state index contributed by atoms with van der Waals surface area (Å²) in [4.78, 5) is 35.6. The summed E-state index contributed by atoms with van der Waals surface area (Å²) in [6, 6.07) is 6.34. The average Bonchev–Trinajstić information content (AvgIpc) is 2.10. The summed E-state index contributed by atoms with van der Waals surface area (Å²) in [6.07, 6.45) is 0. The minimum atomic E-state index is -4.95. The van der Waals surface area contributed by atoms with E-state index in [0.29, 0.717) is 0 Å². The lowest BCUT2D eigenvalue weighted by Crippen LogP contribution is -2.20. The molecule has 1 aromatic rings. The van der Waals surface area contributed by atoms with Crippen molar-refractivity contribution < 1.29 is 28.7 Å². The molecule has 10 heteroatoms. The van der Waals surface area contributed by atoms with Crippen molar-refractivity contribution >= 4 is 34.2 Å². The van der Waals surface area contributed by atoms with E-state index >= 15 is 0 Å². The largest absolute Gasteiger partial charge is 0.362 e. The first-order valence-corrected chi connectivity index (χ1v) is 7.90. The van der Waals surface area contributed by atoms with Crippen LogP contribution in [0.15, 0.2) is 24.3 Å². The average molecular weight is 279 g/mol. The summed E-state index contributed by atoms with van der Waals surface area (Å²) in [5, 5.41) is 2.17. The first-order valence-electron chi connectivity index (χ1n) is 4.54. The van der Waals surface area contributed by atoms with Crippen molar-refractivity contribution in [3.63, 3.8) is 0 Å². The molecule has 0 aliphatic rings. The van der Waals surface area contributed by atoms with Gasteiger partial charge in [-0.05, 0) is 12.1 Å². The summed E-state index contributed by atoms with van der Waals surface area (Å²) in [7, 11) is -8.16. The van der Waals surface area contributed by atoms with Gasteiger partial charge in [-0.3, -0.25) is 9.13 Å². The predicted molar refractivity (Wildman–Crippen MR) is 66.1 cm³/mol. The monoisotopic (exact) mass is 279 g/mol. The SMILES string of the molecule is Bc1cccc(NC(P(=O)(O)O)P(=O)(O)O)c1. The van der Waals surface area contributed by atoms with Crippen LogP contribution < -0.4 is 10.8 Å². The molecule has 0 radical (unpaired) electrons. The third-order valence-corrected chi connectivity index (χ3v) is 5.29. The van der Waals surface area contributed by atoms with Crippen molar-refractivity contribution in [2.75, 3.05) is 5.32 Å². The van der Waals surface area contributed by atoms with Crippen molar-refractivity contribution in [1.82, 2.24) is 0 Å². The van der Waals surface area contributed by atoms with Gasteiger partial charge in [0, 0.05) is 5.69 Å². The highest BCUT2D eigenvalue weighted by atomic mass is 31.2. The standard InChI is InChI=1S/C7H12BNO6P2/c8-5-2-1-3-6(4-5)9-7(16(10,11)12)17(13,14)15/h1-4,7,9H,8H2,(H2,10,11,12)(H2,13,14,15). The van der Waals surface area contributed by atoms with Gasteiger partial charge in [-0.2, -0.15) is 0 Å². The number of nitrogens with one attached hydrogen (secondary N) is 1. The van der Waals surface area contributed by atoms with E-state index in [9.17, 15) is 9.13 Å². The van der Waals surface area contributed by atoms with Gasteiger partial charge in [0.25, 0.3) is 0 Å². The van der Waals surface area contributed by atoms with E-state index in [2.05, 4.69) is 5.32 Å². The van der Waals surface area contributed by atoms with E-state index in [-0.39, 0.29) is 5.69 Å². The van der Waals surface area contributed by atoms with Gasteiger partial charge in [0.05, 0.1) is 0 Å². The fraction of sp³-hybridized carbons (Fsp3) is 0.143. The highest BCUT2D eigenvalue weighted by Crippen LogP contribution is 2.59. The quantitative estimate of drug-likeness (QED) is 0.353. The zero-order valence-corrected chi connectivity index (χ0v) is 10.7. The van der Waals surface area contributed by atoms with Crippen LogP contribution in [0.4, 0.5) is 5.69 Å². The molecule has 1 aromatic carbocycles. The second-order valence-electron chi connectivity index (χ2n) is 3.57. The summed E-state index contributed by atoms with van der Waals surface area (Å²) in [5.41, 5.74) is -1.19. The third kappa shape index (κ3) is 4.28. The number of benzene rings is 1. The second-order valence-corrected chi connectivity index (χ2v) is 7.36. The highest BCUT2D eigenvalue weighted by molar-refractivity contribution is 7.71. The van der Waals surface area contributed by atoms with Crippen LogP contribution in [0, 0.1) is 0 Å². The number of rotatable bonds is 4. The molecule has 0 heterocycles. The maximum Gasteiger partial charge on any atom is 0.360 e. The van der Waals surface area contributed by atoms with Gasteiger partial charge >= 0.3 is 15.2 Å². The fourth-order valence-electron chi connectivity index (χ4n) is 1.25. The molecule has 94 valence electrons. The molecule has 1 rings (SSSR count). The molecule has 0 amide bonds. The Labute approximate surface area is 98.6 Å². The molecule has 17 heavy (non-hydrogen) atoms. The molecule has 0 saturated carbocycles. The number of anilines is 1. The second kappa shape index (κ2) is 4.94. The normalized spacial score (nSPS) is 12.8. The molecular weight excluding hydrogens is 267 g/mol. The third-order valence-electron chi connectivity index (χ3n) is 1.95. The maximum absolute atomic E-state index is 11.0. The molecule has 7 nitrogen and oxygen atoms in total. The first-order chi connectivity index (χ1) is 7.60. The highest BCUT2D eigenvalue weighted by Gasteiger charge is 2.43. The lowest BCUT2D eigenvalue weighted by atomic mass is 9.96. The number of hydrogen-bond donors (Lipinski definition) is 5. The van der Waals surface area contributed by atoms with E-state index in [1.54, 1.807) is 20.0 Å². The summed E-state index contributed by atoms with van der Waals surface area (Å²) >= 11 is 0. The van der Waals surface area contributed by atoms with Crippen LogP contribution in [0.5, 0.6) is 0 Å². The molecule has 0 fully saturated rings. The minimum Gasteiger partial charge on any atom is -0.362 e. The molecule has 5 N–H and O–H groups in total. The van der Waals surface area contributed by atoms with Gasteiger partial charge in [-0.1, -0.05) is 17.6 Å². The lowest BCUT2D eigenvalue weighted by Gasteiger charge is -2.21. The minimum absolute atomic E-state index is 0.238. The zero-order valence-electron chi connectivity index (χ0n) is 8.89. The molecule has 0 aliphatic carbocycles. The Morgan fingerprint density at radius 1 is 1.12 bits per heavy atom. The van der Waals surface area contributed by atoms with E-state index in [1.165, 1.54) is 12.1 Å². The molecular formula is C7H12BNO6P2. The Morgan fingerprint density at radius 2 is 1.65 bits per heavy atom. The smallest absolute Gasteiger partial charge is 0.360 e. The van der Waals surface area contributed by atoms with Gasteiger partial charge in [-0.15, -0.1) is 0 Å². The van der Waals surface area contributed by atoms with Crippen LogP contribution in [0.2, 0.25) is 0 Å². The van der Waals surface area contributed by atoms with Gasteiger partial charge in [-0.25, -0.2) is 0 Å². The van der Waals surface area contributed by atoms with E-state index < -0.39 is 20.7 Å². The van der Waals surface area contributed by atoms with Crippen molar-refractivity contribution in [3.8, 4) is 0 Å². The van der Waals surface area contributed by atoms with Crippen molar-refractivity contribution in [2.45, 2.75) is 5.52 Å². The van der Waals surface area contributed by atoms with Crippen LogP contribution in [0.25, 0.3) is 0 Å². The van der Waals surface area contributed by atoms with Gasteiger partial charge in [0.15, 0.2) is 0 Å². The summed E-state index contributed by atoms with van der Waals surface area (Å²) < 4.78 is 22.0. The first kappa shape index (κ1) is 14.4. The molecule has 0 aromatic heterocycles. The Kier molecular flexibility index (Phi) is 4.20. The Bertz CT molecular complexity index is 475. The summed E-state index contributed by atoms with van der Waals surface area (Å²) in [5.74, 6) is 0. The van der Waals surface area contributed by atoms with E-state index in [4.69, 9.17) is 19.6 Å². The van der Waals surface area contributed by atoms with Crippen molar-refractivity contribution in [3.05, 3.63) is 24.3 Å². The summed E-state index contributed by atoms with van der Waals surface area (Å²) in [6.45, 7) is 0. The Morgan fingerprint density at radius 3 is 2.06 bits per heavy atom. The van der Waals surface area contributed by atoms with Crippen LogP contribution in [0.3, 0.4) is 0 Å². The van der Waals surface area contributed by atoms with Crippen LogP contribution >= 0.6 is 15.2 Å². The zero-order chi connectivity index (χ0) is 13.3. The van der Waals surface area contributed by atoms with Gasteiger partial charge < -0.3 is 24.9 Å².